The van der Waals surface area contributed by atoms with Crippen molar-refractivity contribution in [2.45, 2.75) is 25.7 Å². The number of hydrogen-bond donors (Lipinski definition) is 1. The lowest BCUT2D eigenvalue weighted by atomic mass is 10.0. The molecule has 0 spiro atoms. The van der Waals surface area contributed by atoms with Crippen molar-refractivity contribution in [2.24, 2.45) is 5.92 Å². The first kappa shape index (κ1) is 9.92. The van der Waals surface area contributed by atoms with Gasteiger partial charge < -0.3 is 5.41 Å². The number of rotatable bonds is 4. The van der Waals surface area contributed by atoms with Crippen LogP contribution in [0.4, 0.5) is 0 Å². The molecule has 0 atom stereocenters. The van der Waals surface area contributed by atoms with Crippen LogP contribution < -0.4 is 0 Å². The van der Waals surface area contributed by atoms with Crippen LogP contribution in [0.2, 0.25) is 0 Å². The quantitative estimate of drug-likeness (QED) is 0.742. The molecule has 2 nitrogen and oxygen atoms in total. The molecule has 1 aromatic rings. The van der Waals surface area contributed by atoms with Crippen LogP contribution in [0.15, 0.2) is 24.3 Å². The fourth-order valence-electron chi connectivity index (χ4n) is 1.65. The molecule has 0 heterocycles. The zero-order valence-electron chi connectivity index (χ0n) is 8.66. The normalized spacial score (nSPS) is 14.6. The third-order valence-electron chi connectivity index (χ3n) is 2.86. The molecule has 1 aliphatic carbocycles. The van der Waals surface area contributed by atoms with Gasteiger partial charge in [0.1, 0.15) is 0 Å². The average molecular weight is 198 g/mol. The Morgan fingerprint density at radius 3 is 2.53 bits per heavy atom. The number of hydrogen-bond acceptors (Lipinski definition) is 2. The van der Waals surface area contributed by atoms with Gasteiger partial charge in [-0.15, -0.1) is 0 Å². The summed E-state index contributed by atoms with van der Waals surface area (Å²) in [7, 11) is 0. The Hall–Kier alpha value is -1.62. The van der Waals surface area contributed by atoms with Crippen LogP contribution in [0.3, 0.4) is 0 Å². The van der Waals surface area contributed by atoms with Crippen molar-refractivity contribution < 1.29 is 0 Å². The summed E-state index contributed by atoms with van der Waals surface area (Å²) in [6.07, 6.45) is 4.72. The minimum atomic E-state index is 0.661. The van der Waals surface area contributed by atoms with E-state index in [0.29, 0.717) is 11.3 Å². The van der Waals surface area contributed by atoms with Crippen LogP contribution in [-0.2, 0) is 0 Å². The zero-order chi connectivity index (χ0) is 10.7. The van der Waals surface area contributed by atoms with E-state index in [1.165, 1.54) is 12.8 Å². The zero-order valence-corrected chi connectivity index (χ0v) is 8.66. The molecule has 0 unspecified atom stereocenters. The summed E-state index contributed by atoms with van der Waals surface area (Å²) in [6, 6.07) is 9.38. The molecular weight excluding hydrogens is 184 g/mol. The van der Waals surface area contributed by atoms with Crippen molar-refractivity contribution in [1.82, 2.24) is 0 Å². The second-order valence-corrected chi connectivity index (χ2v) is 4.15. The minimum absolute atomic E-state index is 0.661. The number of benzene rings is 1. The molecule has 1 fully saturated rings. The molecule has 2 heteroatoms. The maximum absolute atomic E-state index is 8.65. The van der Waals surface area contributed by atoms with Crippen molar-refractivity contribution in [3.05, 3.63) is 35.4 Å². The highest BCUT2D eigenvalue weighted by atomic mass is 14.4. The molecule has 1 N–H and O–H groups in total. The molecule has 0 amide bonds. The fraction of sp³-hybridized carbons (Fsp3) is 0.385. The maximum Gasteiger partial charge on any atom is 0.0991 e. The summed E-state index contributed by atoms with van der Waals surface area (Å²) in [6.45, 7) is 0. The summed E-state index contributed by atoms with van der Waals surface area (Å²) in [5.41, 5.74) is 2.31. The molecule has 0 aliphatic heterocycles. The van der Waals surface area contributed by atoms with E-state index in [4.69, 9.17) is 10.7 Å². The highest BCUT2D eigenvalue weighted by Crippen LogP contribution is 2.33. The van der Waals surface area contributed by atoms with Crippen LogP contribution in [0.1, 0.15) is 36.8 Å². The molecule has 2 rings (SSSR count). The largest absolute Gasteiger partial charge is 0.305 e. The first-order chi connectivity index (χ1) is 7.29. The lowest BCUT2D eigenvalue weighted by Crippen LogP contribution is -1.99. The van der Waals surface area contributed by atoms with Crippen molar-refractivity contribution in [1.29, 1.82) is 10.7 Å². The molecule has 0 aromatic heterocycles. The van der Waals surface area contributed by atoms with Crippen LogP contribution in [0, 0.1) is 22.7 Å². The molecule has 1 saturated carbocycles. The summed E-state index contributed by atoms with van der Waals surface area (Å²) >= 11 is 0. The Bertz CT molecular complexity index is 394. The molecule has 0 bridgehead atoms. The Kier molecular flexibility index (Phi) is 2.82. The Morgan fingerprint density at radius 1 is 1.33 bits per heavy atom. The van der Waals surface area contributed by atoms with Crippen molar-refractivity contribution >= 4 is 5.71 Å². The van der Waals surface area contributed by atoms with Gasteiger partial charge in [-0.1, -0.05) is 25.0 Å². The molecular formula is C13H14N2. The lowest BCUT2D eigenvalue weighted by molar-refractivity contribution is 0.757. The molecule has 0 radical (unpaired) electrons. The van der Waals surface area contributed by atoms with Crippen LogP contribution in [-0.4, -0.2) is 5.71 Å². The highest BCUT2D eigenvalue weighted by Gasteiger charge is 2.21. The molecule has 15 heavy (non-hydrogen) atoms. The van der Waals surface area contributed by atoms with Gasteiger partial charge in [-0.3, -0.25) is 0 Å². The molecule has 0 saturated heterocycles. The maximum atomic E-state index is 8.65. The van der Waals surface area contributed by atoms with E-state index in [2.05, 4.69) is 6.07 Å². The van der Waals surface area contributed by atoms with Gasteiger partial charge in [0.05, 0.1) is 11.6 Å². The van der Waals surface area contributed by atoms with E-state index in [-0.39, 0.29) is 0 Å². The van der Waals surface area contributed by atoms with Crippen LogP contribution in [0.5, 0.6) is 0 Å². The fourth-order valence-corrected chi connectivity index (χ4v) is 1.65. The van der Waals surface area contributed by atoms with Crippen molar-refractivity contribution in [3.8, 4) is 6.07 Å². The van der Waals surface area contributed by atoms with E-state index < -0.39 is 0 Å². The molecule has 76 valence electrons. The molecule has 1 aliphatic rings. The van der Waals surface area contributed by atoms with E-state index in [9.17, 15) is 0 Å². The Morgan fingerprint density at radius 2 is 2.00 bits per heavy atom. The average Bonchev–Trinajstić information content (AvgIpc) is 3.10. The van der Waals surface area contributed by atoms with Crippen LogP contribution >= 0.6 is 0 Å². The predicted molar refractivity (Wildman–Crippen MR) is 59.9 cm³/mol. The van der Waals surface area contributed by atoms with Gasteiger partial charge in [-0.25, -0.2) is 0 Å². The van der Waals surface area contributed by atoms with E-state index in [1.54, 1.807) is 12.1 Å². The van der Waals surface area contributed by atoms with Crippen molar-refractivity contribution in [2.75, 3.05) is 0 Å². The summed E-state index contributed by atoms with van der Waals surface area (Å²) in [5.74, 6) is 0.878. The van der Waals surface area contributed by atoms with Gasteiger partial charge in [-0.05, 0) is 36.5 Å². The van der Waals surface area contributed by atoms with Crippen molar-refractivity contribution in [3.63, 3.8) is 0 Å². The van der Waals surface area contributed by atoms with Gasteiger partial charge in [-0.2, -0.15) is 5.26 Å². The second kappa shape index (κ2) is 4.27. The second-order valence-electron chi connectivity index (χ2n) is 4.15. The standard InChI is InChI=1S/C13H14N2/c14-9-11-3-6-12(7-4-11)13(15)8-5-10-1-2-10/h3-4,6-7,10,15H,1-2,5,8H2. The van der Waals surface area contributed by atoms with Crippen LogP contribution in [0.25, 0.3) is 0 Å². The Labute approximate surface area is 90.1 Å². The Balaban J connectivity index is 1.95. The first-order valence-electron chi connectivity index (χ1n) is 5.37. The van der Waals surface area contributed by atoms with Gasteiger partial charge in [0.15, 0.2) is 0 Å². The third-order valence-corrected chi connectivity index (χ3v) is 2.86. The minimum Gasteiger partial charge on any atom is -0.305 e. The SMILES string of the molecule is N#Cc1ccc(C(=N)CCC2CC2)cc1. The summed E-state index contributed by atoms with van der Waals surface area (Å²) < 4.78 is 0. The monoisotopic (exact) mass is 198 g/mol. The summed E-state index contributed by atoms with van der Waals surface area (Å²) in [4.78, 5) is 0. The molecule has 1 aromatic carbocycles. The third kappa shape index (κ3) is 2.66. The lowest BCUT2D eigenvalue weighted by Gasteiger charge is -2.03. The van der Waals surface area contributed by atoms with E-state index in [1.807, 2.05) is 12.1 Å². The van der Waals surface area contributed by atoms with Gasteiger partial charge >= 0.3 is 0 Å². The van der Waals surface area contributed by atoms with Gasteiger partial charge in [0, 0.05) is 5.71 Å². The first-order valence-corrected chi connectivity index (χ1v) is 5.37. The summed E-state index contributed by atoms with van der Waals surface area (Å²) in [5, 5.41) is 16.5. The highest BCUT2D eigenvalue weighted by molar-refractivity contribution is 5.98. The van der Waals surface area contributed by atoms with Gasteiger partial charge in [0.2, 0.25) is 0 Å². The number of nitrogens with one attached hydrogen (secondary N) is 1. The smallest absolute Gasteiger partial charge is 0.0991 e. The number of nitrogens with zero attached hydrogens (tertiary/aromatic N) is 1. The van der Waals surface area contributed by atoms with Gasteiger partial charge in [0.25, 0.3) is 0 Å². The topological polar surface area (TPSA) is 47.6 Å². The predicted octanol–water partition coefficient (Wildman–Crippen LogP) is 3.12. The van der Waals surface area contributed by atoms with E-state index >= 15 is 0 Å². The number of nitriles is 1. The van der Waals surface area contributed by atoms with E-state index in [0.717, 1.165) is 24.3 Å².